The normalized spacial score (nSPS) is 25.2. The summed E-state index contributed by atoms with van der Waals surface area (Å²) in [5, 5.41) is 1.11. The van der Waals surface area contributed by atoms with Crippen molar-refractivity contribution in [3.8, 4) is 5.75 Å². The molecular formula is C23H28N2O2. The zero-order valence-electron chi connectivity index (χ0n) is 16.4. The summed E-state index contributed by atoms with van der Waals surface area (Å²) in [7, 11) is 1.69. The van der Waals surface area contributed by atoms with E-state index in [1.807, 2.05) is 18.2 Å². The van der Waals surface area contributed by atoms with Gasteiger partial charge in [0.15, 0.2) is 0 Å². The third-order valence-corrected chi connectivity index (χ3v) is 6.47. The van der Waals surface area contributed by atoms with Gasteiger partial charge >= 0.3 is 0 Å². The number of nitrogens with zero attached hydrogens (tertiary/aromatic N) is 2. The number of benzene rings is 1. The van der Waals surface area contributed by atoms with Gasteiger partial charge in [-0.3, -0.25) is 4.98 Å². The van der Waals surface area contributed by atoms with Crippen molar-refractivity contribution < 1.29 is 9.53 Å². The molecule has 1 saturated heterocycles. The first-order valence-electron chi connectivity index (χ1n) is 9.95. The van der Waals surface area contributed by atoms with Crippen LogP contribution in [0.15, 0.2) is 36.5 Å². The third kappa shape index (κ3) is 2.91. The van der Waals surface area contributed by atoms with E-state index in [1.165, 1.54) is 11.3 Å². The van der Waals surface area contributed by atoms with Crippen molar-refractivity contribution >= 4 is 17.2 Å². The molecule has 2 aromatic rings. The summed E-state index contributed by atoms with van der Waals surface area (Å²) in [6, 6.07) is 8.52. The predicted octanol–water partition coefficient (Wildman–Crippen LogP) is 4.89. The van der Waals surface area contributed by atoms with Crippen LogP contribution in [0.3, 0.4) is 0 Å². The van der Waals surface area contributed by atoms with Gasteiger partial charge < -0.3 is 14.4 Å². The Bertz CT molecular complexity index is 891. The van der Waals surface area contributed by atoms with Crippen molar-refractivity contribution in [1.29, 1.82) is 0 Å². The van der Waals surface area contributed by atoms with Crippen LogP contribution in [0.2, 0.25) is 0 Å². The van der Waals surface area contributed by atoms with E-state index < -0.39 is 0 Å². The van der Waals surface area contributed by atoms with Crippen LogP contribution in [0, 0.1) is 17.8 Å². The molecule has 1 aromatic heterocycles. The maximum atomic E-state index is 11.6. The lowest BCUT2D eigenvalue weighted by atomic mass is 9.72. The molecule has 0 bridgehead atoms. The van der Waals surface area contributed by atoms with E-state index in [1.54, 1.807) is 7.11 Å². The van der Waals surface area contributed by atoms with Gasteiger partial charge in [0.25, 0.3) is 0 Å². The van der Waals surface area contributed by atoms with E-state index in [2.05, 4.69) is 31.4 Å². The zero-order valence-corrected chi connectivity index (χ0v) is 16.4. The highest BCUT2D eigenvalue weighted by molar-refractivity contribution is 5.81. The lowest BCUT2D eigenvalue weighted by Gasteiger charge is -2.45. The standard InChI is InChI=1S/C23H28N2O2/c1-5-6-19-15(3)25-12-17-9-16-10-18(27-4)7-8-21(16)24-23(17)22(25)11-20(19)14(2)13-26/h7-10,13-14,19-20,22H,3,5-6,11-12H2,1-2,4H3/t14-,19?,20?,22?/m1/s1. The molecule has 2 aliphatic rings. The van der Waals surface area contributed by atoms with E-state index in [0.29, 0.717) is 11.8 Å². The van der Waals surface area contributed by atoms with E-state index >= 15 is 0 Å². The first-order chi connectivity index (χ1) is 13.1. The van der Waals surface area contributed by atoms with Crippen LogP contribution in [-0.4, -0.2) is 23.3 Å². The van der Waals surface area contributed by atoms with E-state index in [-0.39, 0.29) is 12.0 Å². The molecule has 3 heterocycles. The molecule has 4 heteroatoms. The monoisotopic (exact) mass is 364 g/mol. The van der Waals surface area contributed by atoms with Gasteiger partial charge in [-0.1, -0.05) is 26.8 Å². The van der Waals surface area contributed by atoms with E-state index in [0.717, 1.165) is 54.4 Å². The second kappa shape index (κ2) is 6.99. The number of methoxy groups -OCH3 is 1. The molecule has 142 valence electrons. The molecule has 3 unspecified atom stereocenters. The van der Waals surface area contributed by atoms with Crippen LogP contribution in [0.5, 0.6) is 5.75 Å². The molecule has 1 aromatic carbocycles. The Morgan fingerprint density at radius 3 is 2.93 bits per heavy atom. The molecule has 2 aliphatic heterocycles. The fraction of sp³-hybridized carbons (Fsp3) is 0.478. The molecule has 4 nitrogen and oxygen atoms in total. The Kier molecular flexibility index (Phi) is 4.67. The fourth-order valence-electron chi connectivity index (χ4n) is 4.99. The molecule has 4 rings (SSSR count). The predicted molar refractivity (Wildman–Crippen MR) is 107 cm³/mol. The maximum Gasteiger partial charge on any atom is 0.123 e. The fourth-order valence-corrected chi connectivity index (χ4v) is 4.99. The number of pyridine rings is 1. The molecule has 4 atom stereocenters. The molecule has 1 fully saturated rings. The number of rotatable bonds is 5. The van der Waals surface area contributed by atoms with Crippen molar-refractivity contribution in [2.45, 2.75) is 45.7 Å². The number of piperidine rings is 1. The van der Waals surface area contributed by atoms with Crippen LogP contribution < -0.4 is 4.74 Å². The van der Waals surface area contributed by atoms with Crippen molar-refractivity contribution in [2.24, 2.45) is 17.8 Å². The number of fused-ring (bicyclic) bond motifs is 4. The Hall–Kier alpha value is -2.36. The summed E-state index contributed by atoms with van der Waals surface area (Å²) in [5.41, 5.74) is 4.62. The van der Waals surface area contributed by atoms with Crippen LogP contribution in [-0.2, 0) is 11.3 Å². The summed E-state index contributed by atoms with van der Waals surface area (Å²) < 4.78 is 5.36. The van der Waals surface area contributed by atoms with Crippen LogP contribution in [0.4, 0.5) is 0 Å². The summed E-state index contributed by atoms with van der Waals surface area (Å²) >= 11 is 0. The second-order valence-electron chi connectivity index (χ2n) is 8.02. The van der Waals surface area contributed by atoms with Gasteiger partial charge in [-0.2, -0.15) is 0 Å². The van der Waals surface area contributed by atoms with Crippen LogP contribution in [0.1, 0.15) is 50.4 Å². The van der Waals surface area contributed by atoms with Crippen molar-refractivity contribution in [3.05, 3.63) is 47.8 Å². The molecule has 0 aliphatic carbocycles. The highest BCUT2D eigenvalue weighted by Gasteiger charge is 2.44. The van der Waals surface area contributed by atoms with Crippen molar-refractivity contribution in [3.63, 3.8) is 0 Å². The first-order valence-corrected chi connectivity index (χ1v) is 9.95. The SMILES string of the molecule is C=C1C(CCC)C([C@H](C)C=O)CC2c3nc4ccc(OC)cc4cc3CN12. The van der Waals surface area contributed by atoms with E-state index in [4.69, 9.17) is 9.72 Å². The highest BCUT2D eigenvalue weighted by Crippen LogP contribution is 2.50. The average molecular weight is 364 g/mol. The molecule has 0 spiro atoms. The Labute approximate surface area is 161 Å². The molecular weight excluding hydrogens is 336 g/mol. The quantitative estimate of drug-likeness (QED) is 0.709. The summed E-state index contributed by atoms with van der Waals surface area (Å²) in [4.78, 5) is 19.0. The van der Waals surface area contributed by atoms with Crippen molar-refractivity contribution in [2.75, 3.05) is 7.11 Å². The smallest absolute Gasteiger partial charge is 0.123 e. The largest absolute Gasteiger partial charge is 0.497 e. The number of ether oxygens (including phenoxy) is 1. The van der Waals surface area contributed by atoms with Gasteiger partial charge in [-0.05, 0) is 48.6 Å². The highest BCUT2D eigenvalue weighted by atomic mass is 16.5. The maximum absolute atomic E-state index is 11.6. The van der Waals surface area contributed by atoms with Gasteiger partial charge in [-0.15, -0.1) is 0 Å². The van der Waals surface area contributed by atoms with E-state index in [9.17, 15) is 4.79 Å². The Morgan fingerprint density at radius 1 is 1.41 bits per heavy atom. The average Bonchev–Trinajstić information content (AvgIpc) is 3.04. The Morgan fingerprint density at radius 2 is 2.22 bits per heavy atom. The number of carbonyl (C=O) groups excluding carboxylic acids is 1. The molecule has 0 saturated carbocycles. The van der Waals surface area contributed by atoms with Gasteiger partial charge in [0, 0.05) is 29.5 Å². The lowest BCUT2D eigenvalue weighted by Crippen LogP contribution is -2.39. The summed E-state index contributed by atoms with van der Waals surface area (Å²) in [6.45, 7) is 9.59. The minimum Gasteiger partial charge on any atom is -0.497 e. The Balaban J connectivity index is 1.74. The second-order valence-corrected chi connectivity index (χ2v) is 8.02. The number of aldehydes is 1. The van der Waals surface area contributed by atoms with Crippen LogP contribution >= 0.6 is 0 Å². The molecule has 0 radical (unpaired) electrons. The van der Waals surface area contributed by atoms with Gasteiger partial charge in [0.05, 0.1) is 24.4 Å². The topological polar surface area (TPSA) is 42.4 Å². The third-order valence-electron chi connectivity index (χ3n) is 6.47. The zero-order chi connectivity index (χ0) is 19.1. The van der Waals surface area contributed by atoms with Crippen molar-refractivity contribution in [1.82, 2.24) is 9.88 Å². The number of allylic oxidation sites excluding steroid dienone is 1. The minimum absolute atomic E-state index is 0.0502. The number of aromatic nitrogens is 1. The molecule has 0 N–H and O–H groups in total. The van der Waals surface area contributed by atoms with Crippen LogP contribution in [0.25, 0.3) is 10.9 Å². The number of hydrogen-bond donors (Lipinski definition) is 0. The van der Waals surface area contributed by atoms with Gasteiger partial charge in [0.2, 0.25) is 0 Å². The molecule has 0 amide bonds. The number of hydrogen-bond acceptors (Lipinski definition) is 4. The number of carbonyl (C=O) groups is 1. The van der Waals surface area contributed by atoms with Gasteiger partial charge in [-0.25, -0.2) is 0 Å². The molecule has 27 heavy (non-hydrogen) atoms. The minimum atomic E-state index is 0.0502. The van der Waals surface area contributed by atoms with Gasteiger partial charge in [0.1, 0.15) is 12.0 Å². The summed E-state index contributed by atoms with van der Waals surface area (Å²) in [6.07, 6.45) is 4.30. The summed E-state index contributed by atoms with van der Waals surface area (Å²) in [5.74, 6) is 1.63. The first kappa shape index (κ1) is 18.0. The lowest BCUT2D eigenvalue weighted by molar-refractivity contribution is -0.113.